The van der Waals surface area contributed by atoms with Crippen LogP contribution in [0.25, 0.3) is 0 Å². The van der Waals surface area contributed by atoms with E-state index >= 15 is 0 Å². The Morgan fingerprint density at radius 2 is 1.69 bits per heavy atom. The molecule has 0 unspecified atom stereocenters. The molecule has 0 radical (unpaired) electrons. The third kappa shape index (κ3) is 4.49. The Kier molecular flexibility index (Phi) is 6.01. The monoisotopic (exact) mass is 370 g/mol. The van der Waals surface area contributed by atoms with Crippen LogP contribution in [0.2, 0.25) is 0 Å². The predicted molar refractivity (Wildman–Crippen MR) is 103 cm³/mol. The van der Waals surface area contributed by atoms with Crippen LogP contribution in [0.15, 0.2) is 53.7 Å². The zero-order valence-corrected chi connectivity index (χ0v) is 15.7. The normalized spacial score (nSPS) is 10.7. The van der Waals surface area contributed by atoms with E-state index in [1.807, 2.05) is 62.4 Å². The van der Waals surface area contributed by atoms with Gasteiger partial charge in [-0.25, -0.2) is 4.68 Å². The molecule has 136 valence electrons. The first-order valence-corrected chi connectivity index (χ1v) is 9.32. The predicted octanol–water partition coefficient (Wildman–Crippen LogP) is 3.36. The summed E-state index contributed by atoms with van der Waals surface area (Å²) < 4.78 is 13.0. The lowest BCUT2D eigenvalue weighted by Gasteiger charge is -2.11. The maximum Gasteiger partial charge on any atom is 0.210 e. The first kappa shape index (κ1) is 18.1. The Morgan fingerprint density at radius 3 is 2.42 bits per heavy atom. The molecule has 0 aliphatic heterocycles. The maximum atomic E-state index is 6.09. The van der Waals surface area contributed by atoms with Crippen molar-refractivity contribution in [1.29, 1.82) is 0 Å². The first-order chi connectivity index (χ1) is 12.6. The van der Waals surface area contributed by atoms with E-state index in [9.17, 15) is 0 Å². The van der Waals surface area contributed by atoms with Gasteiger partial charge in [0.2, 0.25) is 5.16 Å². The Balaban J connectivity index is 1.51. The van der Waals surface area contributed by atoms with Crippen LogP contribution in [0.1, 0.15) is 17.0 Å². The molecular formula is C19H22N4O2S. The van der Waals surface area contributed by atoms with Crippen molar-refractivity contribution in [3.63, 3.8) is 0 Å². The number of thioether (sulfide) groups is 1. The van der Waals surface area contributed by atoms with Crippen molar-refractivity contribution in [2.45, 2.75) is 25.6 Å². The molecule has 3 rings (SSSR count). The van der Waals surface area contributed by atoms with Gasteiger partial charge in [0.25, 0.3) is 0 Å². The van der Waals surface area contributed by atoms with Crippen LogP contribution in [-0.4, -0.2) is 27.2 Å². The van der Waals surface area contributed by atoms with E-state index in [1.54, 1.807) is 0 Å². The topological polar surface area (TPSA) is 75.2 Å². The summed E-state index contributed by atoms with van der Waals surface area (Å²) in [6.07, 6.45) is 0. The molecule has 0 amide bonds. The molecule has 1 heterocycles. The zero-order chi connectivity index (χ0) is 18.4. The van der Waals surface area contributed by atoms with Gasteiger partial charge in [0, 0.05) is 5.75 Å². The Hall–Kier alpha value is -2.67. The summed E-state index contributed by atoms with van der Waals surface area (Å²) in [5.74, 6) is 9.11. The van der Waals surface area contributed by atoms with Crippen LogP contribution in [-0.2, 0) is 6.61 Å². The summed E-state index contributed by atoms with van der Waals surface area (Å²) in [7, 11) is 0. The molecule has 0 saturated heterocycles. The second kappa shape index (κ2) is 8.62. The summed E-state index contributed by atoms with van der Waals surface area (Å²) in [6, 6.07) is 15.8. The molecule has 3 aromatic rings. The number of aryl methyl sites for hydroxylation is 2. The Morgan fingerprint density at radius 1 is 0.962 bits per heavy atom. The van der Waals surface area contributed by atoms with Crippen LogP contribution >= 0.6 is 11.8 Å². The minimum atomic E-state index is 0.274. The van der Waals surface area contributed by atoms with Crippen molar-refractivity contribution in [1.82, 2.24) is 14.9 Å². The number of hydrogen-bond donors (Lipinski definition) is 1. The van der Waals surface area contributed by atoms with E-state index in [0.717, 1.165) is 28.4 Å². The molecule has 0 spiro atoms. The second-order valence-electron chi connectivity index (χ2n) is 5.79. The number of para-hydroxylation sites is 2. The maximum absolute atomic E-state index is 6.09. The summed E-state index contributed by atoms with van der Waals surface area (Å²) in [4.78, 5) is 0. The highest BCUT2D eigenvalue weighted by Gasteiger charge is 2.12. The fourth-order valence-electron chi connectivity index (χ4n) is 2.48. The molecule has 0 atom stereocenters. The van der Waals surface area contributed by atoms with Gasteiger partial charge in [-0.2, -0.15) is 0 Å². The van der Waals surface area contributed by atoms with Gasteiger partial charge in [0.05, 0.1) is 6.61 Å². The number of benzene rings is 2. The molecule has 0 aliphatic rings. The molecule has 1 aromatic heterocycles. The average Bonchev–Trinajstić information content (AvgIpc) is 2.99. The Bertz CT molecular complexity index is 832. The van der Waals surface area contributed by atoms with Gasteiger partial charge in [-0.3, -0.25) is 0 Å². The highest BCUT2D eigenvalue weighted by atomic mass is 32.2. The highest BCUT2D eigenvalue weighted by Crippen LogP contribution is 2.23. The SMILES string of the molecule is Cc1cccc(C)c1OCc1nnc(SCCOc2ccccc2)n1N. The van der Waals surface area contributed by atoms with Gasteiger partial charge >= 0.3 is 0 Å². The summed E-state index contributed by atoms with van der Waals surface area (Å²) >= 11 is 1.50. The fourth-order valence-corrected chi connectivity index (χ4v) is 3.17. The standard InChI is InChI=1S/C19H22N4O2S/c1-14-7-6-8-15(2)18(14)25-13-17-21-22-19(23(17)20)26-12-11-24-16-9-4-3-5-10-16/h3-10H,11-13,20H2,1-2H3. The lowest BCUT2D eigenvalue weighted by Crippen LogP contribution is -2.16. The minimum Gasteiger partial charge on any atom is -0.493 e. The largest absolute Gasteiger partial charge is 0.493 e. The van der Waals surface area contributed by atoms with Crippen LogP contribution in [0.5, 0.6) is 11.5 Å². The number of nitrogens with two attached hydrogens (primary N) is 1. The van der Waals surface area contributed by atoms with E-state index in [0.29, 0.717) is 17.6 Å². The molecule has 0 aliphatic carbocycles. The lowest BCUT2D eigenvalue weighted by atomic mass is 10.1. The number of rotatable bonds is 8. The van der Waals surface area contributed by atoms with Crippen LogP contribution in [0.3, 0.4) is 0 Å². The number of aromatic nitrogens is 3. The molecular weight excluding hydrogens is 348 g/mol. The zero-order valence-electron chi connectivity index (χ0n) is 14.9. The third-order valence-corrected chi connectivity index (χ3v) is 4.72. The van der Waals surface area contributed by atoms with Crippen LogP contribution in [0.4, 0.5) is 0 Å². The smallest absolute Gasteiger partial charge is 0.210 e. The van der Waals surface area contributed by atoms with Gasteiger partial charge in [-0.05, 0) is 37.1 Å². The van der Waals surface area contributed by atoms with Crippen LogP contribution in [0, 0.1) is 13.8 Å². The molecule has 6 nitrogen and oxygen atoms in total. The number of ether oxygens (including phenoxy) is 2. The summed E-state index contributed by atoms with van der Waals surface area (Å²) in [6.45, 7) is 4.87. The van der Waals surface area contributed by atoms with Gasteiger partial charge in [-0.15, -0.1) is 10.2 Å². The molecule has 2 N–H and O–H groups in total. The average molecular weight is 370 g/mol. The molecule has 0 saturated carbocycles. The van der Waals surface area contributed by atoms with E-state index < -0.39 is 0 Å². The van der Waals surface area contributed by atoms with Gasteiger partial charge in [0.1, 0.15) is 18.1 Å². The molecule has 0 bridgehead atoms. The van der Waals surface area contributed by atoms with Crippen molar-refractivity contribution >= 4 is 11.8 Å². The number of nitrogen functional groups attached to an aromatic ring is 1. The molecule has 26 heavy (non-hydrogen) atoms. The fraction of sp³-hybridized carbons (Fsp3) is 0.263. The van der Waals surface area contributed by atoms with Gasteiger partial charge in [-0.1, -0.05) is 48.2 Å². The number of hydrogen-bond acceptors (Lipinski definition) is 6. The Labute approximate surface area is 157 Å². The van der Waals surface area contributed by atoms with Crippen molar-refractivity contribution in [2.75, 3.05) is 18.2 Å². The quantitative estimate of drug-likeness (QED) is 0.372. The second-order valence-corrected chi connectivity index (χ2v) is 6.85. The number of nitrogens with zero attached hydrogens (tertiary/aromatic N) is 3. The molecule has 7 heteroatoms. The van der Waals surface area contributed by atoms with Crippen LogP contribution < -0.4 is 15.3 Å². The van der Waals surface area contributed by atoms with Crippen molar-refractivity contribution < 1.29 is 9.47 Å². The van der Waals surface area contributed by atoms with Crippen molar-refractivity contribution in [3.05, 3.63) is 65.5 Å². The minimum absolute atomic E-state index is 0.274. The first-order valence-electron chi connectivity index (χ1n) is 8.34. The van der Waals surface area contributed by atoms with Crippen molar-refractivity contribution in [3.8, 4) is 11.5 Å². The van der Waals surface area contributed by atoms with Gasteiger partial charge < -0.3 is 15.3 Å². The third-order valence-electron chi connectivity index (χ3n) is 3.82. The highest BCUT2D eigenvalue weighted by molar-refractivity contribution is 7.99. The van der Waals surface area contributed by atoms with E-state index in [2.05, 4.69) is 10.2 Å². The van der Waals surface area contributed by atoms with E-state index in [-0.39, 0.29) is 6.61 Å². The van der Waals surface area contributed by atoms with Gasteiger partial charge in [0.15, 0.2) is 5.82 Å². The summed E-state index contributed by atoms with van der Waals surface area (Å²) in [5, 5.41) is 8.90. The lowest BCUT2D eigenvalue weighted by molar-refractivity contribution is 0.288. The van der Waals surface area contributed by atoms with E-state index in [1.165, 1.54) is 16.4 Å². The molecule has 0 fully saturated rings. The molecule has 2 aromatic carbocycles. The van der Waals surface area contributed by atoms with E-state index in [4.69, 9.17) is 15.3 Å². The summed E-state index contributed by atoms with van der Waals surface area (Å²) in [5.41, 5.74) is 2.17. The van der Waals surface area contributed by atoms with Crippen molar-refractivity contribution in [2.24, 2.45) is 0 Å².